The summed E-state index contributed by atoms with van der Waals surface area (Å²) in [6.07, 6.45) is 0.828. The highest BCUT2D eigenvalue weighted by atomic mass is 16.2. The lowest BCUT2D eigenvalue weighted by Crippen LogP contribution is -2.22. The van der Waals surface area contributed by atoms with E-state index in [0.29, 0.717) is 0 Å². The molecule has 3 N–H and O–H groups in total. The molecule has 0 saturated carbocycles. The Kier molecular flexibility index (Phi) is 4.14. The van der Waals surface area contributed by atoms with Crippen LogP contribution < -0.4 is 16.2 Å². The van der Waals surface area contributed by atoms with Crippen molar-refractivity contribution in [2.45, 2.75) is 20.3 Å². The second-order valence-corrected chi connectivity index (χ2v) is 4.35. The molecule has 1 aromatic heterocycles. The molecule has 6 heteroatoms. The number of hydrogen-bond donors (Lipinski definition) is 3. The van der Waals surface area contributed by atoms with E-state index in [1.807, 2.05) is 32.0 Å². The van der Waals surface area contributed by atoms with Crippen LogP contribution >= 0.6 is 0 Å². The Balaban J connectivity index is 2.12. The van der Waals surface area contributed by atoms with Crippen molar-refractivity contribution in [1.29, 1.82) is 0 Å². The summed E-state index contributed by atoms with van der Waals surface area (Å²) in [4.78, 5) is 22.8. The van der Waals surface area contributed by atoms with E-state index in [9.17, 15) is 9.59 Å². The number of rotatable bonds is 3. The van der Waals surface area contributed by atoms with Crippen molar-refractivity contribution in [1.82, 2.24) is 10.2 Å². The molecule has 0 saturated heterocycles. The first-order chi connectivity index (χ1) is 9.60. The number of carbonyl (C=O) groups excluding carboxylic acids is 1. The summed E-state index contributed by atoms with van der Waals surface area (Å²) in [5.74, 6) is 0.286. The minimum atomic E-state index is -0.395. The Morgan fingerprint density at radius 3 is 2.70 bits per heavy atom. The summed E-state index contributed by atoms with van der Waals surface area (Å²) in [5.41, 5.74) is 2.54. The summed E-state index contributed by atoms with van der Waals surface area (Å²) in [7, 11) is 0. The van der Waals surface area contributed by atoms with Crippen molar-refractivity contribution in [3.63, 3.8) is 0 Å². The number of amides is 2. The first kappa shape index (κ1) is 13.8. The highest BCUT2D eigenvalue weighted by Gasteiger charge is 2.09. The van der Waals surface area contributed by atoms with E-state index in [1.165, 1.54) is 12.1 Å². The molecule has 1 aromatic carbocycles. The molecule has 0 aliphatic rings. The van der Waals surface area contributed by atoms with Gasteiger partial charge in [0.1, 0.15) is 0 Å². The second-order valence-electron chi connectivity index (χ2n) is 4.35. The fourth-order valence-corrected chi connectivity index (χ4v) is 1.88. The summed E-state index contributed by atoms with van der Waals surface area (Å²) in [5, 5.41) is 11.3. The molecule has 0 radical (unpaired) electrons. The van der Waals surface area contributed by atoms with Crippen molar-refractivity contribution in [3.8, 4) is 0 Å². The molecule has 0 aliphatic carbocycles. The fraction of sp³-hybridized carbons (Fsp3) is 0.214. The van der Waals surface area contributed by atoms with Gasteiger partial charge in [-0.1, -0.05) is 25.1 Å². The maximum Gasteiger partial charge on any atom is 0.324 e. The molecule has 0 unspecified atom stereocenters. The first-order valence-electron chi connectivity index (χ1n) is 6.32. The number of anilines is 2. The SMILES string of the molecule is CCc1cccc(C)c1NC(=O)Nc1ccc(=O)[nH]n1. The summed E-state index contributed by atoms with van der Waals surface area (Å²) in [6, 6.07) is 8.22. The predicted molar refractivity (Wildman–Crippen MR) is 78.1 cm³/mol. The van der Waals surface area contributed by atoms with Gasteiger partial charge >= 0.3 is 6.03 Å². The van der Waals surface area contributed by atoms with Crippen LogP contribution in [0.5, 0.6) is 0 Å². The molecular formula is C14H16N4O2. The van der Waals surface area contributed by atoms with E-state index in [4.69, 9.17) is 0 Å². The molecule has 104 valence electrons. The Hall–Kier alpha value is -2.63. The number of carbonyl (C=O) groups is 1. The summed E-state index contributed by atoms with van der Waals surface area (Å²) >= 11 is 0. The number of hydrogen-bond acceptors (Lipinski definition) is 3. The lowest BCUT2D eigenvalue weighted by molar-refractivity contribution is 0.262. The lowest BCUT2D eigenvalue weighted by Gasteiger charge is -2.13. The van der Waals surface area contributed by atoms with Gasteiger partial charge in [0, 0.05) is 11.8 Å². The van der Waals surface area contributed by atoms with Gasteiger partial charge in [-0.3, -0.25) is 10.1 Å². The number of para-hydroxylation sites is 1. The molecule has 0 spiro atoms. The molecule has 0 atom stereocenters. The average molecular weight is 272 g/mol. The van der Waals surface area contributed by atoms with Crippen LogP contribution in [0.4, 0.5) is 16.3 Å². The van der Waals surface area contributed by atoms with Gasteiger partial charge < -0.3 is 5.32 Å². The van der Waals surface area contributed by atoms with Gasteiger partial charge in [0.05, 0.1) is 0 Å². The number of aryl methyl sites for hydroxylation is 2. The minimum absolute atomic E-state index is 0.286. The van der Waals surface area contributed by atoms with Crippen molar-refractivity contribution >= 4 is 17.5 Å². The standard InChI is InChI=1S/C14H16N4O2/c1-3-10-6-4-5-9(2)13(10)16-14(20)15-11-7-8-12(19)18-17-11/h4-8H,3H2,1-2H3,(H,18,19)(H2,15,16,17,20). The Morgan fingerprint density at radius 2 is 2.05 bits per heavy atom. The second kappa shape index (κ2) is 6.01. The van der Waals surface area contributed by atoms with Crippen LogP contribution in [0.1, 0.15) is 18.1 Å². The Morgan fingerprint density at radius 1 is 1.25 bits per heavy atom. The largest absolute Gasteiger partial charge is 0.324 e. The number of nitrogens with one attached hydrogen (secondary N) is 3. The Bertz CT molecular complexity index is 659. The lowest BCUT2D eigenvalue weighted by atomic mass is 10.1. The maximum atomic E-state index is 11.9. The third-order valence-corrected chi connectivity index (χ3v) is 2.90. The number of H-pyrrole nitrogens is 1. The molecule has 6 nitrogen and oxygen atoms in total. The van der Waals surface area contributed by atoms with E-state index in [1.54, 1.807) is 0 Å². The van der Waals surface area contributed by atoms with Crippen LogP contribution in [0.25, 0.3) is 0 Å². The van der Waals surface area contributed by atoms with Crippen LogP contribution in [0, 0.1) is 6.92 Å². The minimum Gasteiger partial charge on any atom is -0.307 e. The zero-order valence-corrected chi connectivity index (χ0v) is 11.4. The quantitative estimate of drug-likeness (QED) is 0.801. The number of benzene rings is 1. The highest BCUT2D eigenvalue weighted by molar-refractivity contribution is 6.00. The number of nitrogens with zero attached hydrogens (tertiary/aromatic N) is 1. The average Bonchev–Trinajstić information content (AvgIpc) is 2.43. The fourth-order valence-electron chi connectivity index (χ4n) is 1.88. The predicted octanol–water partition coefficient (Wildman–Crippen LogP) is 2.28. The number of aromatic amines is 1. The van der Waals surface area contributed by atoms with Crippen molar-refractivity contribution in [2.24, 2.45) is 0 Å². The monoisotopic (exact) mass is 272 g/mol. The van der Waals surface area contributed by atoms with Gasteiger partial charge in [-0.15, -0.1) is 0 Å². The van der Waals surface area contributed by atoms with Gasteiger partial charge in [0.2, 0.25) is 0 Å². The first-order valence-corrected chi connectivity index (χ1v) is 6.32. The van der Waals surface area contributed by atoms with E-state index in [2.05, 4.69) is 20.8 Å². The van der Waals surface area contributed by atoms with Gasteiger partial charge in [0.25, 0.3) is 5.56 Å². The van der Waals surface area contributed by atoms with Crippen LogP contribution in [0.2, 0.25) is 0 Å². The Labute approximate surface area is 116 Å². The van der Waals surface area contributed by atoms with E-state index >= 15 is 0 Å². The van der Waals surface area contributed by atoms with E-state index < -0.39 is 6.03 Å². The molecule has 20 heavy (non-hydrogen) atoms. The van der Waals surface area contributed by atoms with Gasteiger partial charge in [-0.25, -0.2) is 9.89 Å². The molecule has 2 rings (SSSR count). The normalized spacial score (nSPS) is 10.1. The van der Waals surface area contributed by atoms with Crippen LogP contribution in [0.15, 0.2) is 35.1 Å². The maximum absolute atomic E-state index is 11.9. The molecule has 0 fully saturated rings. The van der Waals surface area contributed by atoms with Gasteiger partial charge in [-0.05, 0) is 30.5 Å². The topological polar surface area (TPSA) is 86.9 Å². The summed E-state index contributed by atoms with van der Waals surface area (Å²) < 4.78 is 0. The zero-order valence-electron chi connectivity index (χ0n) is 11.4. The van der Waals surface area contributed by atoms with E-state index in [-0.39, 0.29) is 11.4 Å². The molecule has 0 aliphatic heterocycles. The third-order valence-electron chi connectivity index (χ3n) is 2.90. The number of aromatic nitrogens is 2. The smallest absolute Gasteiger partial charge is 0.307 e. The molecule has 1 heterocycles. The third kappa shape index (κ3) is 3.23. The van der Waals surface area contributed by atoms with Gasteiger partial charge in [0.15, 0.2) is 5.82 Å². The van der Waals surface area contributed by atoms with Crippen LogP contribution in [0.3, 0.4) is 0 Å². The van der Waals surface area contributed by atoms with Crippen molar-refractivity contribution in [3.05, 3.63) is 51.8 Å². The van der Waals surface area contributed by atoms with Gasteiger partial charge in [-0.2, -0.15) is 5.10 Å². The van der Waals surface area contributed by atoms with Crippen LogP contribution in [-0.4, -0.2) is 16.2 Å². The molecule has 2 amide bonds. The molecule has 0 bridgehead atoms. The molecular weight excluding hydrogens is 256 g/mol. The van der Waals surface area contributed by atoms with Crippen molar-refractivity contribution in [2.75, 3.05) is 10.6 Å². The number of urea groups is 1. The zero-order chi connectivity index (χ0) is 14.5. The van der Waals surface area contributed by atoms with E-state index in [0.717, 1.165) is 23.2 Å². The highest BCUT2D eigenvalue weighted by Crippen LogP contribution is 2.21. The summed E-state index contributed by atoms with van der Waals surface area (Å²) in [6.45, 7) is 3.97. The molecule has 2 aromatic rings. The van der Waals surface area contributed by atoms with Crippen LogP contribution in [-0.2, 0) is 6.42 Å². The van der Waals surface area contributed by atoms with Crippen molar-refractivity contribution < 1.29 is 4.79 Å².